The van der Waals surface area contributed by atoms with Crippen molar-refractivity contribution < 1.29 is 18.4 Å². The molecule has 4 rings (SSSR count). The summed E-state index contributed by atoms with van der Waals surface area (Å²) in [5, 5.41) is 3.86. The number of benzene rings is 3. The van der Waals surface area contributed by atoms with Crippen LogP contribution in [0.3, 0.4) is 0 Å². The number of hydrogen-bond donors (Lipinski definition) is 0. The molecule has 0 amide bonds. The molecule has 0 N–H and O–H groups in total. The van der Waals surface area contributed by atoms with E-state index in [0.717, 1.165) is 11.1 Å². The number of hydrogen-bond acceptors (Lipinski definition) is 5. The Hall–Kier alpha value is -3.80. The lowest BCUT2D eigenvalue weighted by Crippen LogP contribution is -2.17. The van der Waals surface area contributed by atoms with Gasteiger partial charge >= 0.3 is 5.97 Å². The van der Waals surface area contributed by atoms with Crippen molar-refractivity contribution in [3.8, 4) is 11.4 Å². The fourth-order valence-corrected chi connectivity index (χ4v) is 3.00. The summed E-state index contributed by atoms with van der Waals surface area (Å²) >= 11 is 0. The molecule has 0 aliphatic carbocycles. The van der Waals surface area contributed by atoms with Crippen LogP contribution in [-0.2, 0) is 16.1 Å². The Morgan fingerprint density at radius 1 is 0.897 bits per heavy atom. The Balaban J connectivity index is 1.49. The van der Waals surface area contributed by atoms with Crippen LogP contribution in [0.4, 0.5) is 4.39 Å². The minimum atomic E-state index is -0.558. The number of ether oxygens (including phenoxy) is 1. The zero-order valence-electron chi connectivity index (χ0n) is 15.4. The number of aromatic nitrogens is 2. The number of esters is 1. The number of halogens is 1. The fraction of sp³-hybridized carbons (Fsp3) is 0.0870. The highest BCUT2D eigenvalue weighted by Crippen LogP contribution is 2.26. The Bertz CT molecular complexity index is 1040. The van der Waals surface area contributed by atoms with Crippen LogP contribution in [0.2, 0.25) is 0 Å². The molecule has 1 heterocycles. The number of rotatable bonds is 6. The second-order valence-corrected chi connectivity index (χ2v) is 6.38. The van der Waals surface area contributed by atoms with Crippen LogP contribution >= 0.6 is 0 Å². The molecule has 0 saturated carbocycles. The van der Waals surface area contributed by atoms with E-state index in [2.05, 4.69) is 10.1 Å². The third-order valence-electron chi connectivity index (χ3n) is 4.41. The van der Waals surface area contributed by atoms with Gasteiger partial charge in [0.15, 0.2) is 6.61 Å². The van der Waals surface area contributed by atoms with Gasteiger partial charge in [0.2, 0.25) is 5.82 Å². The first kappa shape index (κ1) is 18.6. The normalized spacial score (nSPS) is 10.8. The van der Waals surface area contributed by atoms with Gasteiger partial charge < -0.3 is 9.26 Å². The molecule has 0 aliphatic heterocycles. The molecule has 0 atom stereocenters. The molecule has 0 radical (unpaired) electrons. The molecular weight excluding hydrogens is 371 g/mol. The summed E-state index contributed by atoms with van der Waals surface area (Å²) in [6.45, 7) is -0.150. The summed E-state index contributed by atoms with van der Waals surface area (Å²) in [4.78, 5) is 17.1. The van der Waals surface area contributed by atoms with Gasteiger partial charge in [0, 0.05) is 5.56 Å². The van der Waals surface area contributed by atoms with Crippen LogP contribution in [0.1, 0.15) is 22.9 Å². The van der Waals surface area contributed by atoms with Gasteiger partial charge in [-0.05, 0) is 35.4 Å². The van der Waals surface area contributed by atoms with Crippen LogP contribution < -0.4 is 0 Å². The summed E-state index contributed by atoms with van der Waals surface area (Å²) in [6.07, 6.45) is 0. The highest BCUT2D eigenvalue weighted by Gasteiger charge is 2.25. The molecular formula is C23H17FN2O3. The molecule has 0 saturated heterocycles. The molecule has 0 spiro atoms. The van der Waals surface area contributed by atoms with E-state index in [0.29, 0.717) is 11.4 Å². The monoisotopic (exact) mass is 388 g/mol. The first-order chi connectivity index (χ1) is 14.2. The Labute approximate surface area is 166 Å². The highest BCUT2D eigenvalue weighted by molar-refractivity contribution is 5.82. The average Bonchev–Trinajstić information content (AvgIpc) is 3.24. The molecule has 0 bridgehead atoms. The zero-order chi connectivity index (χ0) is 20.1. The number of nitrogens with zero attached hydrogens (tertiary/aromatic N) is 2. The van der Waals surface area contributed by atoms with Crippen molar-refractivity contribution in [2.75, 3.05) is 0 Å². The standard InChI is InChI=1S/C23H17FN2O3/c24-19-13-11-18(12-14-19)22-25-20(29-26-22)15-28-23(27)21(16-7-3-1-4-8-16)17-9-5-2-6-10-17/h1-14,21H,15H2. The predicted molar refractivity (Wildman–Crippen MR) is 104 cm³/mol. The van der Waals surface area contributed by atoms with Crippen LogP contribution in [-0.4, -0.2) is 16.1 Å². The zero-order valence-corrected chi connectivity index (χ0v) is 15.4. The highest BCUT2D eigenvalue weighted by atomic mass is 19.1. The van der Waals surface area contributed by atoms with Crippen molar-refractivity contribution in [2.45, 2.75) is 12.5 Å². The van der Waals surface area contributed by atoms with Gasteiger partial charge in [-0.25, -0.2) is 4.39 Å². The summed E-state index contributed by atoms with van der Waals surface area (Å²) in [6, 6.07) is 24.6. The molecule has 3 aromatic carbocycles. The van der Waals surface area contributed by atoms with Crippen molar-refractivity contribution in [1.82, 2.24) is 10.1 Å². The maximum atomic E-state index is 13.1. The lowest BCUT2D eigenvalue weighted by Gasteiger charge is -2.16. The van der Waals surface area contributed by atoms with Crippen molar-refractivity contribution in [3.05, 3.63) is 108 Å². The molecule has 0 aliphatic rings. The first-order valence-electron chi connectivity index (χ1n) is 9.06. The lowest BCUT2D eigenvalue weighted by atomic mass is 9.91. The second kappa shape index (κ2) is 8.48. The quantitative estimate of drug-likeness (QED) is 0.446. The minimum Gasteiger partial charge on any atom is -0.455 e. The van der Waals surface area contributed by atoms with Gasteiger partial charge in [-0.3, -0.25) is 4.79 Å². The molecule has 0 unspecified atom stereocenters. The SMILES string of the molecule is O=C(OCc1nc(-c2ccc(F)cc2)no1)C(c1ccccc1)c1ccccc1. The molecule has 144 valence electrons. The van der Waals surface area contributed by atoms with E-state index in [1.807, 2.05) is 60.7 Å². The summed E-state index contributed by atoms with van der Waals surface area (Å²) in [5.41, 5.74) is 2.28. The smallest absolute Gasteiger partial charge is 0.318 e. The van der Waals surface area contributed by atoms with Crippen molar-refractivity contribution in [2.24, 2.45) is 0 Å². The predicted octanol–water partition coefficient (Wildman–Crippen LogP) is 4.75. The molecule has 1 aromatic heterocycles. The van der Waals surface area contributed by atoms with Crippen LogP contribution in [0.5, 0.6) is 0 Å². The molecule has 29 heavy (non-hydrogen) atoms. The van der Waals surface area contributed by atoms with Crippen molar-refractivity contribution in [3.63, 3.8) is 0 Å². The van der Waals surface area contributed by atoms with Gasteiger partial charge in [-0.1, -0.05) is 65.8 Å². The van der Waals surface area contributed by atoms with E-state index in [1.54, 1.807) is 12.1 Å². The third kappa shape index (κ3) is 4.38. The minimum absolute atomic E-state index is 0.150. The van der Waals surface area contributed by atoms with E-state index in [9.17, 15) is 9.18 Å². The summed E-state index contributed by atoms with van der Waals surface area (Å²) in [5.74, 6) is -0.851. The maximum absolute atomic E-state index is 13.1. The average molecular weight is 388 g/mol. The van der Waals surface area contributed by atoms with Gasteiger partial charge in [-0.15, -0.1) is 0 Å². The van der Waals surface area contributed by atoms with E-state index in [1.165, 1.54) is 12.1 Å². The Kier molecular flexibility index (Phi) is 5.42. The lowest BCUT2D eigenvalue weighted by molar-refractivity contribution is -0.146. The maximum Gasteiger partial charge on any atom is 0.318 e. The summed E-state index contributed by atoms with van der Waals surface area (Å²) < 4.78 is 23.7. The topological polar surface area (TPSA) is 65.2 Å². The van der Waals surface area contributed by atoms with E-state index in [-0.39, 0.29) is 18.3 Å². The first-order valence-corrected chi connectivity index (χ1v) is 9.06. The Morgan fingerprint density at radius 2 is 1.48 bits per heavy atom. The van der Waals surface area contributed by atoms with Gasteiger partial charge in [0.05, 0.1) is 0 Å². The molecule has 5 nitrogen and oxygen atoms in total. The largest absolute Gasteiger partial charge is 0.455 e. The number of carbonyl (C=O) groups excluding carboxylic acids is 1. The van der Waals surface area contributed by atoms with E-state index < -0.39 is 11.9 Å². The van der Waals surface area contributed by atoms with Crippen LogP contribution in [0.15, 0.2) is 89.5 Å². The molecule has 0 fully saturated rings. The fourth-order valence-electron chi connectivity index (χ4n) is 3.00. The number of carbonyl (C=O) groups is 1. The van der Waals surface area contributed by atoms with Gasteiger partial charge in [0.1, 0.15) is 11.7 Å². The van der Waals surface area contributed by atoms with Gasteiger partial charge in [-0.2, -0.15) is 4.98 Å². The second-order valence-electron chi connectivity index (χ2n) is 6.38. The van der Waals surface area contributed by atoms with Crippen LogP contribution in [0.25, 0.3) is 11.4 Å². The van der Waals surface area contributed by atoms with Crippen molar-refractivity contribution >= 4 is 5.97 Å². The van der Waals surface area contributed by atoms with Crippen LogP contribution in [0, 0.1) is 5.82 Å². The van der Waals surface area contributed by atoms with Gasteiger partial charge in [0.25, 0.3) is 5.89 Å². The molecule has 6 heteroatoms. The molecule has 4 aromatic rings. The van der Waals surface area contributed by atoms with E-state index >= 15 is 0 Å². The Morgan fingerprint density at radius 3 is 2.07 bits per heavy atom. The van der Waals surface area contributed by atoms with E-state index in [4.69, 9.17) is 9.26 Å². The third-order valence-corrected chi connectivity index (χ3v) is 4.41. The van der Waals surface area contributed by atoms with Crippen molar-refractivity contribution in [1.29, 1.82) is 0 Å². The summed E-state index contributed by atoms with van der Waals surface area (Å²) in [7, 11) is 0.